The maximum Gasteiger partial charge on any atom is 0.252 e. The number of benzene rings is 4. The first-order chi connectivity index (χ1) is 18.5. The molecule has 10 heteroatoms. The van der Waals surface area contributed by atoms with Gasteiger partial charge in [-0.05, 0) is 47.2 Å². The van der Waals surface area contributed by atoms with Gasteiger partial charge in [0.25, 0.3) is 5.91 Å². The van der Waals surface area contributed by atoms with E-state index in [2.05, 4.69) is 20.8 Å². The molecular formula is C28H21ClFN5O2S. The van der Waals surface area contributed by atoms with Crippen molar-refractivity contribution in [3.8, 4) is 5.69 Å². The van der Waals surface area contributed by atoms with E-state index in [9.17, 15) is 14.0 Å². The quantitative estimate of drug-likeness (QED) is 0.238. The van der Waals surface area contributed by atoms with E-state index < -0.39 is 11.7 Å². The lowest BCUT2D eigenvalue weighted by molar-refractivity contribution is -0.113. The van der Waals surface area contributed by atoms with Gasteiger partial charge in [-0.25, -0.2) is 4.39 Å². The number of fused-ring (bicyclic) bond motifs is 1. The summed E-state index contributed by atoms with van der Waals surface area (Å²) in [5, 5.41) is 16.7. The van der Waals surface area contributed by atoms with Crippen LogP contribution in [0.2, 0.25) is 5.02 Å². The molecule has 2 N–H and O–H groups in total. The van der Waals surface area contributed by atoms with Crippen LogP contribution in [-0.2, 0) is 11.3 Å². The van der Waals surface area contributed by atoms with Gasteiger partial charge in [0, 0.05) is 10.6 Å². The molecule has 2 amide bonds. The number of hydrogen-bond donors (Lipinski definition) is 2. The van der Waals surface area contributed by atoms with Crippen LogP contribution in [0.5, 0.6) is 0 Å². The highest BCUT2D eigenvalue weighted by Gasteiger charge is 2.18. The summed E-state index contributed by atoms with van der Waals surface area (Å²) in [6.45, 7) is 0.0869. The molecule has 5 aromatic rings. The molecule has 0 saturated carbocycles. The molecular weight excluding hydrogens is 525 g/mol. The van der Waals surface area contributed by atoms with Crippen molar-refractivity contribution in [3.63, 3.8) is 0 Å². The Morgan fingerprint density at radius 3 is 2.53 bits per heavy atom. The van der Waals surface area contributed by atoms with E-state index in [4.69, 9.17) is 11.6 Å². The van der Waals surface area contributed by atoms with Gasteiger partial charge >= 0.3 is 0 Å². The Kier molecular flexibility index (Phi) is 7.67. The molecule has 5 rings (SSSR count). The third-order valence-electron chi connectivity index (χ3n) is 5.69. The smallest absolute Gasteiger partial charge is 0.252 e. The molecule has 1 aromatic heterocycles. The molecule has 0 aliphatic carbocycles. The van der Waals surface area contributed by atoms with Crippen molar-refractivity contribution in [2.45, 2.75) is 11.7 Å². The predicted molar refractivity (Wildman–Crippen MR) is 147 cm³/mol. The molecule has 0 bridgehead atoms. The molecule has 0 atom stereocenters. The molecule has 0 spiro atoms. The number of nitrogens with zero attached hydrogens (tertiary/aromatic N) is 3. The fraction of sp³-hybridized carbons (Fsp3) is 0.0714. The van der Waals surface area contributed by atoms with Crippen LogP contribution in [0.4, 0.5) is 10.1 Å². The zero-order valence-corrected chi connectivity index (χ0v) is 21.5. The number of para-hydroxylation sites is 1. The topological polar surface area (TPSA) is 88.9 Å². The minimum absolute atomic E-state index is 0.0323. The van der Waals surface area contributed by atoms with E-state index in [-0.39, 0.29) is 23.9 Å². The van der Waals surface area contributed by atoms with Crippen LogP contribution in [0.3, 0.4) is 0 Å². The normalized spacial score (nSPS) is 10.9. The largest absolute Gasteiger partial charge is 0.345 e. The number of hydrogen-bond acceptors (Lipinski definition) is 5. The number of rotatable bonds is 8. The van der Waals surface area contributed by atoms with Crippen LogP contribution in [0, 0.1) is 5.82 Å². The van der Waals surface area contributed by atoms with Crippen molar-refractivity contribution in [3.05, 3.63) is 113 Å². The van der Waals surface area contributed by atoms with E-state index >= 15 is 0 Å². The summed E-state index contributed by atoms with van der Waals surface area (Å²) in [7, 11) is 0. The lowest BCUT2D eigenvalue weighted by atomic mass is 10.0. The van der Waals surface area contributed by atoms with Crippen LogP contribution in [0.1, 0.15) is 16.2 Å². The third-order valence-corrected chi connectivity index (χ3v) is 6.85. The summed E-state index contributed by atoms with van der Waals surface area (Å²) in [5.41, 5.74) is 1.33. The van der Waals surface area contributed by atoms with Crippen molar-refractivity contribution in [2.24, 2.45) is 0 Å². The van der Waals surface area contributed by atoms with Crippen LogP contribution in [0.15, 0.2) is 96.2 Å². The van der Waals surface area contributed by atoms with Crippen molar-refractivity contribution >= 4 is 51.6 Å². The lowest BCUT2D eigenvalue weighted by Gasteiger charge is -2.12. The molecule has 0 aliphatic heterocycles. The van der Waals surface area contributed by atoms with Gasteiger partial charge in [-0.2, -0.15) is 0 Å². The SMILES string of the molecule is O=C(CSc1nnc(CNC(=O)c2cccc3ccccc23)n1-c1cccc(Cl)c1)Nc1ccccc1F. The number of halogens is 2. The first-order valence-corrected chi connectivity index (χ1v) is 13.0. The maximum atomic E-state index is 13.9. The van der Waals surface area contributed by atoms with Crippen molar-refractivity contribution < 1.29 is 14.0 Å². The zero-order valence-electron chi connectivity index (χ0n) is 19.9. The molecule has 190 valence electrons. The summed E-state index contributed by atoms with van der Waals surface area (Å²) < 4.78 is 15.6. The third kappa shape index (κ3) is 5.69. The Labute approximate surface area is 227 Å². The maximum absolute atomic E-state index is 13.9. The fourth-order valence-corrected chi connectivity index (χ4v) is 4.90. The summed E-state index contributed by atoms with van der Waals surface area (Å²) in [5.74, 6) is -0.738. The zero-order chi connectivity index (χ0) is 26.5. The summed E-state index contributed by atoms with van der Waals surface area (Å²) in [6.07, 6.45) is 0. The van der Waals surface area contributed by atoms with E-state index in [1.807, 2.05) is 42.5 Å². The first-order valence-electron chi connectivity index (χ1n) is 11.6. The summed E-state index contributed by atoms with van der Waals surface area (Å²) in [4.78, 5) is 25.6. The minimum Gasteiger partial charge on any atom is -0.345 e. The van der Waals surface area contributed by atoms with Gasteiger partial charge in [0.15, 0.2) is 11.0 Å². The Balaban J connectivity index is 1.36. The van der Waals surface area contributed by atoms with E-state index in [0.717, 1.165) is 22.5 Å². The molecule has 0 saturated heterocycles. The van der Waals surface area contributed by atoms with Gasteiger partial charge in [-0.1, -0.05) is 78.0 Å². The second-order valence-corrected chi connectivity index (χ2v) is 9.62. The van der Waals surface area contributed by atoms with Crippen LogP contribution in [0.25, 0.3) is 16.5 Å². The molecule has 0 fully saturated rings. The van der Waals surface area contributed by atoms with Gasteiger partial charge in [0.05, 0.1) is 23.7 Å². The van der Waals surface area contributed by atoms with E-state index in [1.165, 1.54) is 12.1 Å². The molecule has 0 radical (unpaired) electrons. The van der Waals surface area contributed by atoms with Crippen molar-refractivity contribution in [2.75, 3.05) is 11.1 Å². The fourth-order valence-electron chi connectivity index (χ4n) is 3.94. The highest BCUT2D eigenvalue weighted by atomic mass is 35.5. The number of anilines is 1. The average Bonchev–Trinajstić information content (AvgIpc) is 3.34. The van der Waals surface area contributed by atoms with Crippen LogP contribution < -0.4 is 10.6 Å². The highest BCUT2D eigenvalue weighted by Crippen LogP contribution is 2.25. The average molecular weight is 546 g/mol. The summed E-state index contributed by atoms with van der Waals surface area (Å²) >= 11 is 7.37. The lowest BCUT2D eigenvalue weighted by Crippen LogP contribution is -2.25. The summed E-state index contributed by atoms with van der Waals surface area (Å²) in [6, 6.07) is 26.3. The number of aromatic nitrogens is 3. The molecule has 7 nitrogen and oxygen atoms in total. The number of carbonyl (C=O) groups excluding carboxylic acids is 2. The van der Waals surface area contributed by atoms with Gasteiger partial charge in [-0.15, -0.1) is 10.2 Å². The monoisotopic (exact) mass is 545 g/mol. The number of nitrogens with one attached hydrogen (secondary N) is 2. The minimum atomic E-state index is -0.517. The van der Waals surface area contributed by atoms with Crippen LogP contribution in [-0.4, -0.2) is 32.3 Å². The first kappa shape index (κ1) is 25.4. The number of thioether (sulfide) groups is 1. The molecule has 1 heterocycles. The standard InChI is InChI=1S/C28H21ClFN5O2S/c29-19-9-6-10-20(15-19)35-25(16-31-27(37)22-12-5-8-18-7-1-2-11-21(18)22)33-34-28(35)38-17-26(36)32-24-14-4-3-13-23(24)30/h1-15H,16-17H2,(H,31,37)(H,32,36). The highest BCUT2D eigenvalue weighted by molar-refractivity contribution is 7.99. The Morgan fingerprint density at radius 2 is 1.68 bits per heavy atom. The number of amides is 2. The molecule has 0 aliphatic rings. The van der Waals surface area contributed by atoms with Gasteiger partial charge in [0.2, 0.25) is 5.91 Å². The van der Waals surface area contributed by atoms with Crippen LogP contribution >= 0.6 is 23.4 Å². The van der Waals surface area contributed by atoms with Gasteiger partial charge < -0.3 is 10.6 Å². The second-order valence-electron chi connectivity index (χ2n) is 8.24. The molecule has 0 unspecified atom stereocenters. The Bertz CT molecular complexity index is 1640. The Morgan fingerprint density at radius 1 is 0.921 bits per heavy atom. The van der Waals surface area contributed by atoms with Gasteiger partial charge in [-0.3, -0.25) is 14.2 Å². The molecule has 4 aromatic carbocycles. The van der Waals surface area contributed by atoms with Crippen molar-refractivity contribution in [1.82, 2.24) is 20.1 Å². The van der Waals surface area contributed by atoms with Gasteiger partial charge in [0.1, 0.15) is 5.82 Å². The Hall–Kier alpha value is -4.21. The molecule has 38 heavy (non-hydrogen) atoms. The second kappa shape index (κ2) is 11.5. The predicted octanol–water partition coefficient (Wildman–Crippen LogP) is 5.87. The van der Waals surface area contributed by atoms with E-state index in [0.29, 0.717) is 27.3 Å². The van der Waals surface area contributed by atoms with E-state index in [1.54, 1.807) is 41.0 Å². The number of carbonyl (C=O) groups is 2. The van der Waals surface area contributed by atoms with Crippen molar-refractivity contribution in [1.29, 1.82) is 0 Å².